The molecule has 0 aliphatic rings. The van der Waals surface area contributed by atoms with Crippen molar-refractivity contribution in [2.24, 2.45) is 5.73 Å². The molecule has 2 atom stereocenters. The first-order chi connectivity index (χ1) is 9.78. The Hall–Kier alpha value is -0.820. The van der Waals surface area contributed by atoms with Crippen molar-refractivity contribution in [2.75, 3.05) is 19.7 Å². The Morgan fingerprint density at radius 1 is 1.29 bits per heavy atom. The second-order valence-corrected chi connectivity index (χ2v) is 5.31. The van der Waals surface area contributed by atoms with Crippen molar-refractivity contribution in [1.82, 2.24) is 4.90 Å². The molecule has 21 heavy (non-hydrogen) atoms. The van der Waals surface area contributed by atoms with Crippen LogP contribution in [0.15, 0.2) is 24.3 Å². The van der Waals surface area contributed by atoms with Gasteiger partial charge in [-0.25, -0.2) is 0 Å². The Labute approximate surface area is 127 Å². The molecule has 1 aromatic carbocycles. The molecule has 0 spiro atoms. The lowest BCUT2D eigenvalue weighted by atomic mass is 9.96. The Bertz CT molecular complexity index is 425. The second kappa shape index (κ2) is 7.98. The molecule has 1 aromatic rings. The molecule has 0 amide bonds. The number of benzene rings is 1. The maximum atomic E-state index is 12.8. The standard InChI is InChI=1S/C14H20ClF3N2O/c1-2-12(19)13(10-3-5-11(15)6-4-10)20(7-8-21)9-14(16,17)18/h3-6,12-13,21H,2,7-9,19H2,1H3. The summed E-state index contributed by atoms with van der Waals surface area (Å²) in [5.41, 5.74) is 6.67. The quantitative estimate of drug-likeness (QED) is 0.810. The molecule has 0 aliphatic carbocycles. The highest BCUT2D eigenvalue weighted by Crippen LogP contribution is 2.29. The van der Waals surface area contributed by atoms with E-state index in [4.69, 9.17) is 22.4 Å². The highest BCUT2D eigenvalue weighted by molar-refractivity contribution is 6.30. The molecule has 120 valence electrons. The average molecular weight is 325 g/mol. The Morgan fingerprint density at radius 3 is 2.29 bits per heavy atom. The van der Waals surface area contributed by atoms with E-state index in [1.165, 1.54) is 0 Å². The summed E-state index contributed by atoms with van der Waals surface area (Å²) in [6, 6.07) is 5.49. The third kappa shape index (κ3) is 5.82. The van der Waals surface area contributed by atoms with Crippen LogP contribution >= 0.6 is 11.6 Å². The van der Waals surface area contributed by atoms with Gasteiger partial charge in [0.05, 0.1) is 19.2 Å². The molecule has 7 heteroatoms. The molecule has 0 aliphatic heterocycles. The third-order valence-electron chi connectivity index (χ3n) is 3.25. The lowest BCUT2D eigenvalue weighted by molar-refractivity contribution is -0.153. The first-order valence-electron chi connectivity index (χ1n) is 6.71. The number of hydrogen-bond acceptors (Lipinski definition) is 3. The SMILES string of the molecule is CCC(N)C(c1ccc(Cl)cc1)N(CCO)CC(F)(F)F. The van der Waals surface area contributed by atoms with Crippen molar-refractivity contribution in [3.63, 3.8) is 0 Å². The number of alkyl halides is 3. The molecule has 0 bridgehead atoms. The van der Waals surface area contributed by atoms with Crippen molar-refractivity contribution in [2.45, 2.75) is 31.6 Å². The number of aliphatic hydroxyl groups excluding tert-OH is 1. The van der Waals surface area contributed by atoms with E-state index >= 15 is 0 Å². The van der Waals surface area contributed by atoms with Crippen LogP contribution in [0.3, 0.4) is 0 Å². The normalized spacial score (nSPS) is 15.2. The van der Waals surface area contributed by atoms with Crippen molar-refractivity contribution in [3.05, 3.63) is 34.9 Å². The van der Waals surface area contributed by atoms with Gasteiger partial charge in [-0.05, 0) is 24.1 Å². The lowest BCUT2D eigenvalue weighted by Gasteiger charge is -2.35. The van der Waals surface area contributed by atoms with E-state index in [-0.39, 0.29) is 13.2 Å². The maximum Gasteiger partial charge on any atom is 0.401 e. The van der Waals surface area contributed by atoms with Gasteiger partial charge in [0.25, 0.3) is 0 Å². The van der Waals surface area contributed by atoms with E-state index in [0.717, 1.165) is 4.90 Å². The molecule has 0 fully saturated rings. The minimum Gasteiger partial charge on any atom is -0.395 e. The highest BCUT2D eigenvalue weighted by atomic mass is 35.5. The molecule has 0 aromatic heterocycles. The second-order valence-electron chi connectivity index (χ2n) is 4.88. The van der Waals surface area contributed by atoms with Crippen LogP contribution in [0.4, 0.5) is 13.2 Å². The molecule has 1 rings (SSSR count). The van der Waals surface area contributed by atoms with Crippen molar-refractivity contribution in [1.29, 1.82) is 0 Å². The lowest BCUT2D eigenvalue weighted by Crippen LogP contribution is -2.46. The summed E-state index contributed by atoms with van der Waals surface area (Å²) in [7, 11) is 0. The van der Waals surface area contributed by atoms with Crippen LogP contribution in [0, 0.1) is 0 Å². The van der Waals surface area contributed by atoms with Crippen LogP contribution in [0.25, 0.3) is 0 Å². The molecule has 3 nitrogen and oxygen atoms in total. The summed E-state index contributed by atoms with van der Waals surface area (Å²) in [6.07, 6.45) is -3.83. The smallest absolute Gasteiger partial charge is 0.395 e. The van der Waals surface area contributed by atoms with E-state index in [1.54, 1.807) is 24.3 Å². The fourth-order valence-electron chi connectivity index (χ4n) is 2.29. The first-order valence-corrected chi connectivity index (χ1v) is 7.09. The van der Waals surface area contributed by atoms with Crippen LogP contribution < -0.4 is 5.73 Å². The predicted molar refractivity (Wildman–Crippen MR) is 77.2 cm³/mol. The maximum absolute atomic E-state index is 12.8. The van der Waals surface area contributed by atoms with E-state index in [0.29, 0.717) is 17.0 Å². The topological polar surface area (TPSA) is 49.5 Å². The fourth-order valence-corrected chi connectivity index (χ4v) is 2.41. The molecule has 0 heterocycles. The number of nitrogens with zero attached hydrogens (tertiary/aromatic N) is 1. The number of halogens is 4. The average Bonchev–Trinajstić information content (AvgIpc) is 2.39. The van der Waals surface area contributed by atoms with Gasteiger partial charge in [0, 0.05) is 17.6 Å². The fraction of sp³-hybridized carbons (Fsp3) is 0.571. The number of rotatable bonds is 7. The van der Waals surface area contributed by atoms with Gasteiger partial charge >= 0.3 is 6.18 Å². The largest absolute Gasteiger partial charge is 0.401 e. The van der Waals surface area contributed by atoms with E-state index < -0.39 is 24.8 Å². The minimum absolute atomic E-state index is 0.0967. The van der Waals surface area contributed by atoms with Gasteiger partial charge in [0.15, 0.2) is 0 Å². The molecule has 2 unspecified atom stereocenters. The van der Waals surface area contributed by atoms with Gasteiger partial charge in [0.2, 0.25) is 0 Å². The van der Waals surface area contributed by atoms with Gasteiger partial charge in [-0.15, -0.1) is 0 Å². The summed E-state index contributed by atoms with van der Waals surface area (Å²) in [5, 5.41) is 9.56. The minimum atomic E-state index is -4.35. The third-order valence-corrected chi connectivity index (χ3v) is 3.50. The highest BCUT2D eigenvalue weighted by Gasteiger charge is 2.35. The van der Waals surface area contributed by atoms with Crippen LogP contribution in [0.5, 0.6) is 0 Å². The molecular formula is C14H20ClF3N2O. The van der Waals surface area contributed by atoms with Gasteiger partial charge in [0.1, 0.15) is 0 Å². The zero-order valence-corrected chi connectivity index (χ0v) is 12.5. The van der Waals surface area contributed by atoms with Crippen molar-refractivity contribution >= 4 is 11.6 Å². The molecule has 0 saturated heterocycles. The summed E-state index contributed by atoms with van der Waals surface area (Å²) in [5.74, 6) is 0. The van der Waals surface area contributed by atoms with Crippen molar-refractivity contribution in [3.8, 4) is 0 Å². The van der Waals surface area contributed by atoms with Crippen LogP contribution in [-0.4, -0.2) is 41.9 Å². The summed E-state index contributed by atoms with van der Waals surface area (Å²) < 4.78 is 38.3. The Kier molecular flexibility index (Phi) is 6.93. The number of nitrogens with two attached hydrogens (primary N) is 1. The first kappa shape index (κ1) is 18.2. The van der Waals surface area contributed by atoms with Crippen molar-refractivity contribution < 1.29 is 18.3 Å². The predicted octanol–water partition coefficient (Wildman–Crippen LogP) is 2.98. The van der Waals surface area contributed by atoms with E-state index in [9.17, 15) is 13.2 Å². The van der Waals surface area contributed by atoms with Gasteiger partial charge in [-0.2, -0.15) is 13.2 Å². The molecule has 0 saturated carbocycles. The summed E-state index contributed by atoms with van der Waals surface area (Å²) in [6.45, 7) is 0.240. The Balaban J connectivity index is 3.10. The van der Waals surface area contributed by atoms with Crippen LogP contribution in [0.2, 0.25) is 5.02 Å². The Morgan fingerprint density at radius 2 is 1.86 bits per heavy atom. The zero-order chi connectivity index (χ0) is 16.0. The number of aliphatic hydroxyl groups is 1. The summed E-state index contributed by atoms with van der Waals surface area (Å²) in [4.78, 5) is 1.16. The van der Waals surface area contributed by atoms with Gasteiger partial charge < -0.3 is 10.8 Å². The van der Waals surface area contributed by atoms with E-state index in [2.05, 4.69) is 0 Å². The monoisotopic (exact) mass is 324 g/mol. The molecule has 0 radical (unpaired) electrons. The zero-order valence-electron chi connectivity index (χ0n) is 11.8. The van der Waals surface area contributed by atoms with E-state index in [1.807, 2.05) is 6.92 Å². The molecular weight excluding hydrogens is 305 g/mol. The van der Waals surface area contributed by atoms with Crippen LogP contribution in [0.1, 0.15) is 24.9 Å². The number of hydrogen-bond donors (Lipinski definition) is 2. The van der Waals surface area contributed by atoms with Gasteiger partial charge in [-0.3, -0.25) is 4.90 Å². The summed E-state index contributed by atoms with van der Waals surface area (Å²) >= 11 is 5.81. The molecule has 3 N–H and O–H groups in total. The van der Waals surface area contributed by atoms with Gasteiger partial charge in [-0.1, -0.05) is 30.7 Å². The van der Waals surface area contributed by atoms with Crippen LogP contribution in [-0.2, 0) is 0 Å².